The summed E-state index contributed by atoms with van der Waals surface area (Å²) in [6.45, 7) is 3.11. The summed E-state index contributed by atoms with van der Waals surface area (Å²) in [4.78, 5) is 44.1. The number of carbonyl (C=O) groups is 2. The maximum Gasteiger partial charge on any atom is 0.261 e. The second-order valence-corrected chi connectivity index (χ2v) is 8.10. The number of H-pyrrole nitrogens is 1. The zero-order valence-electron chi connectivity index (χ0n) is 17.4. The number of hydrogen-bond acceptors (Lipinski definition) is 3. The van der Waals surface area contributed by atoms with E-state index in [1.807, 2.05) is 31.2 Å². The van der Waals surface area contributed by atoms with Gasteiger partial charge in [-0.1, -0.05) is 35.4 Å². The van der Waals surface area contributed by atoms with Crippen molar-refractivity contribution in [1.82, 2.24) is 14.8 Å². The molecule has 0 saturated carbocycles. The minimum atomic E-state index is -0.513. The van der Waals surface area contributed by atoms with Crippen molar-refractivity contribution in [1.29, 1.82) is 0 Å². The first-order chi connectivity index (χ1) is 15.3. The van der Waals surface area contributed by atoms with Gasteiger partial charge >= 0.3 is 0 Å². The molecule has 32 heavy (non-hydrogen) atoms. The van der Waals surface area contributed by atoms with Gasteiger partial charge in [0.1, 0.15) is 11.4 Å². The Morgan fingerprint density at radius 3 is 2.12 bits per heavy atom. The van der Waals surface area contributed by atoms with E-state index in [9.17, 15) is 18.8 Å². The molecule has 164 valence electrons. The summed E-state index contributed by atoms with van der Waals surface area (Å²) in [5.41, 5.74) is 2.40. The van der Waals surface area contributed by atoms with Gasteiger partial charge in [0.25, 0.3) is 17.4 Å². The van der Waals surface area contributed by atoms with Crippen molar-refractivity contribution in [3.8, 4) is 11.3 Å². The Morgan fingerprint density at radius 1 is 0.906 bits per heavy atom. The zero-order valence-corrected chi connectivity index (χ0v) is 18.2. The summed E-state index contributed by atoms with van der Waals surface area (Å²) in [6.07, 6.45) is 0. The normalized spacial score (nSPS) is 13.8. The topological polar surface area (TPSA) is 73.5 Å². The largest absolute Gasteiger partial charge is 0.335 e. The van der Waals surface area contributed by atoms with E-state index >= 15 is 0 Å². The highest BCUT2D eigenvalue weighted by atomic mass is 35.5. The van der Waals surface area contributed by atoms with Crippen molar-refractivity contribution in [2.75, 3.05) is 26.2 Å². The molecule has 1 aromatic heterocycles. The lowest BCUT2D eigenvalue weighted by atomic mass is 10.1. The standard InChI is InChI=1S/C24H21ClFN3O3/c1-15-3-2-4-16(13-15)21-8-7-19(22(30)27-21)24(32)29-11-9-28(10-12-29)23(31)18-6-5-17(26)14-20(18)25/h2-8,13-14H,9-12H2,1H3,(H,27,30). The molecular weight excluding hydrogens is 433 g/mol. The van der Waals surface area contributed by atoms with E-state index in [0.29, 0.717) is 5.69 Å². The predicted molar refractivity (Wildman–Crippen MR) is 120 cm³/mol. The Labute approximate surface area is 189 Å². The van der Waals surface area contributed by atoms with Gasteiger partial charge in [-0.2, -0.15) is 0 Å². The molecular formula is C24H21ClFN3O3. The first-order valence-corrected chi connectivity index (χ1v) is 10.6. The van der Waals surface area contributed by atoms with E-state index in [1.165, 1.54) is 18.2 Å². The monoisotopic (exact) mass is 453 g/mol. The molecule has 4 rings (SSSR count). The third-order valence-electron chi connectivity index (χ3n) is 5.48. The van der Waals surface area contributed by atoms with Crippen LogP contribution in [0.2, 0.25) is 5.02 Å². The smallest absolute Gasteiger partial charge is 0.261 e. The van der Waals surface area contributed by atoms with Gasteiger partial charge in [0.05, 0.1) is 10.6 Å². The van der Waals surface area contributed by atoms with Crippen LogP contribution in [0.5, 0.6) is 0 Å². The lowest BCUT2D eigenvalue weighted by Crippen LogP contribution is -2.51. The van der Waals surface area contributed by atoms with E-state index in [-0.39, 0.29) is 54.1 Å². The summed E-state index contributed by atoms with van der Waals surface area (Å²) in [6, 6.07) is 14.6. The summed E-state index contributed by atoms with van der Waals surface area (Å²) < 4.78 is 13.2. The van der Waals surface area contributed by atoms with Crippen LogP contribution in [0.15, 0.2) is 59.4 Å². The number of aromatic amines is 1. The average molecular weight is 454 g/mol. The number of piperazine rings is 1. The molecule has 0 spiro atoms. The van der Waals surface area contributed by atoms with Crippen molar-refractivity contribution in [3.63, 3.8) is 0 Å². The first-order valence-electron chi connectivity index (χ1n) is 10.2. The van der Waals surface area contributed by atoms with E-state index in [0.717, 1.165) is 17.2 Å². The molecule has 1 fully saturated rings. The van der Waals surface area contributed by atoms with Crippen molar-refractivity contribution < 1.29 is 14.0 Å². The van der Waals surface area contributed by atoms with E-state index in [2.05, 4.69) is 4.98 Å². The number of halogens is 2. The van der Waals surface area contributed by atoms with Crippen LogP contribution in [0.4, 0.5) is 4.39 Å². The van der Waals surface area contributed by atoms with Gasteiger partial charge in [-0.15, -0.1) is 0 Å². The number of carbonyl (C=O) groups excluding carboxylic acids is 2. The highest BCUT2D eigenvalue weighted by Gasteiger charge is 2.27. The number of benzene rings is 2. The Kier molecular flexibility index (Phi) is 6.10. The number of aryl methyl sites for hydroxylation is 1. The molecule has 1 aliphatic rings. The van der Waals surface area contributed by atoms with Gasteiger partial charge in [0.2, 0.25) is 0 Å². The fourth-order valence-corrected chi connectivity index (χ4v) is 3.99. The Balaban J connectivity index is 1.44. The van der Waals surface area contributed by atoms with Crippen LogP contribution < -0.4 is 5.56 Å². The van der Waals surface area contributed by atoms with Crippen LogP contribution in [-0.2, 0) is 0 Å². The molecule has 2 heterocycles. The fraction of sp³-hybridized carbons (Fsp3) is 0.208. The maximum atomic E-state index is 13.2. The molecule has 8 heteroatoms. The van der Waals surface area contributed by atoms with E-state index < -0.39 is 11.4 Å². The second kappa shape index (κ2) is 8.96. The Bertz CT molecular complexity index is 1250. The van der Waals surface area contributed by atoms with Crippen LogP contribution in [-0.4, -0.2) is 52.8 Å². The van der Waals surface area contributed by atoms with Crippen LogP contribution >= 0.6 is 11.6 Å². The summed E-state index contributed by atoms with van der Waals surface area (Å²) in [5, 5.41) is 0.0498. The fourth-order valence-electron chi connectivity index (χ4n) is 3.74. The highest BCUT2D eigenvalue weighted by Crippen LogP contribution is 2.21. The maximum absolute atomic E-state index is 13.2. The molecule has 0 atom stereocenters. The molecule has 3 aromatic rings. The molecule has 0 radical (unpaired) electrons. The minimum Gasteiger partial charge on any atom is -0.335 e. The lowest BCUT2D eigenvalue weighted by Gasteiger charge is -2.34. The lowest BCUT2D eigenvalue weighted by molar-refractivity contribution is 0.0534. The third kappa shape index (κ3) is 4.43. The molecule has 0 unspecified atom stereocenters. The number of pyridine rings is 1. The molecule has 6 nitrogen and oxygen atoms in total. The summed E-state index contributed by atoms with van der Waals surface area (Å²) in [5.74, 6) is -1.21. The summed E-state index contributed by atoms with van der Waals surface area (Å²) >= 11 is 6.00. The van der Waals surface area contributed by atoms with Gasteiger partial charge in [-0.05, 0) is 48.9 Å². The SMILES string of the molecule is Cc1cccc(-c2ccc(C(=O)N3CCN(C(=O)c4ccc(F)cc4Cl)CC3)c(=O)[nH]2)c1. The molecule has 1 saturated heterocycles. The van der Waals surface area contributed by atoms with E-state index in [4.69, 9.17) is 11.6 Å². The zero-order chi connectivity index (χ0) is 22.8. The molecule has 0 aliphatic carbocycles. The number of aromatic nitrogens is 1. The number of rotatable bonds is 3. The number of nitrogens with one attached hydrogen (secondary N) is 1. The molecule has 1 N–H and O–H groups in total. The molecule has 0 bridgehead atoms. The van der Waals surface area contributed by atoms with Crippen LogP contribution in [0.1, 0.15) is 26.3 Å². The van der Waals surface area contributed by atoms with Crippen molar-refractivity contribution in [2.45, 2.75) is 6.92 Å². The quantitative estimate of drug-likeness (QED) is 0.656. The van der Waals surface area contributed by atoms with Crippen LogP contribution in [0.25, 0.3) is 11.3 Å². The van der Waals surface area contributed by atoms with Gasteiger partial charge in [-0.3, -0.25) is 14.4 Å². The predicted octanol–water partition coefficient (Wildman–Crippen LogP) is 3.74. The van der Waals surface area contributed by atoms with Gasteiger partial charge < -0.3 is 14.8 Å². The third-order valence-corrected chi connectivity index (χ3v) is 5.80. The number of hydrogen-bond donors (Lipinski definition) is 1. The van der Waals surface area contributed by atoms with Crippen LogP contribution in [0.3, 0.4) is 0 Å². The van der Waals surface area contributed by atoms with Crippen molar-refractivity contribution in [2.24, 2.45) is 0 Å². The van der Waals surface area contributed by atoms with E-state index in [1.54, 1.807) is 15.9 Å². The summed E-state index contributed by atoms with van der Waals surface area (Å²) in [7, 11) is 0. The molecule has 2 amide bonds. The van der Waals surface area contributed by atoms with Crippen molar-refractivity contribution in [3.05, 3.63) is 92.5 Å². The first kappa shape index (κ1) is 21.8. The molecule has 1 aliphatic heterocycles. The minimum absolute atomic E-state index is 0.0498. The number of nitrogens with zero attached hydrogens (tertiary/aromatic N) is 2. The van der Waals surface area contributed by atoms with Crippen LogP contribution in [0, 0.1) is 12.7 Å². The Hall–Kier alpha value is -3.45. The highest BCUT2D eigenvalue weighted by molar-refractivity contribution is 6.33. The van der Waals surface area contributed by atoms with Gasteiger partial charge in [0.15, 0.2) is 0 Å². The second-order valence-electron chi connectivity index (χ2n) is 7.69. The van der Waals surface area contributed by atoms with Crippen molar-refractivity contribution >= 4 is 23.4 Å². The Morgan fingerprint density at radius 2 is 1.53 bits per heavy atom. The average Bonchev–Trinajstić information content (AvgIpc) is 2.78. The van der Waals surface area contributed by atoms with Gasteiger partial charge in [0, 0.05) is 31.9 Å². The number of amides is 2. The van der Waals surface area contributed by atoms with Gasteiger partial charge in [-0.25, -0.2) is 4.39 Å². The molecule has 2 aromatic carbocycles.